The van der Waals surface area contributed by atoms with Crippen LogP contribution in [0.5, 0.6) is 0 Å². The van der Waals surface area contributed by atoms with Gasteiger partial charge in [0, 0.05) is 12.2 Å². The number of nitrogens with one attached hydrogen (secondary N) is 2. The lowest BCUT2D eigenvalue weighted by Crippen LogP contribution is -2.54. The van der Waals surface area contributed by atoms with Gasteiger partial charge in [0.1, 0.15) is 17.7 Å². The molecule has 0 spiro atoms. The van der Waals surface area contributed by atoms with E-state index in [0.717, 1.165) is 21.2 Å². The predicted octanol–water partition coefficient (Wildman–Crippen LogP) is 3.53. The summed E-state index contributed by atoms with van der Waals surface area (Å²) in [7, 11) is 0. The molecular weight excluding hydrogens is 486 g/mol. The number of aliphatic hydroxyl groups excluding tert-OH is 2. The molecule has 9 nitrogen and oxygen atoms in total. The van der Waals surface area contributed by atoms with Crippen LogP contribution in [0, 0.1) is 6.92 Å². The van der Waals surface area contributed by atoms with Crippen molar-refractivity contribution in [2.75, 3.05) is 25.1 Å². The van der Waals surface area contributed by atoms with Gasteiger partial charge in [0.2, 0.25) is 5.91 Å². The van der Waals surface area contributed by atoms with Crippen LogP contribution in [0.2, 0.25) is 0 Å². The lowest BCUT2D eigenvalue weighted by molar-refractivity contribution is -0.142. The van der Waals surface area contributed by atoms with Gasteiger partial charge in [-0.15, -0.1) is 0 Å². The summed E-state index contributed by atoms with van der Waals surface area (Å²) in [5.74, 6) is -1.26. The Bertz CT molecular complexity index is 1290. The minimum atomic E-state index is -1.39. The van der Waals surface area contributed by atoms with E-state index in [1.807, 2.05) is 49.4 Å². The Morgan fingerprint density at radius 3 is 2.29 bits per heavy atom. The zero-order valence-corrected chi connectivity index (χ0v) is 22.1. The third-order valence-corrected chi connectivity index (χ3v) is 5.73. The number of nitrogens with zero attached hydrogens (tertiary/aromatic N) is 1. The maximum Gasteiger partial charge on any atom is 0.408 e. The first-order chi connectivity index (χ1) is 18.0. The molecule has 2 unspecified atom stereocenters. The number of carbonyl (C=O) groups excluding carboxylic acids is 3. The molecule has 0 aliphatic carbocycles. The van der Waals surface area contributed by atoms with Crippen molar-refractivity contribution in [3.05, 3.63) is 77.9 Å². The van der Waals surface area contributed by atoms with Gasteiger partial charge < -0.3 is 30.5 Å². The van der Waals surface area contributed by atoms with Crippen LogP contribution in [0.25, 0.3) is 10.8 Å². The van der Waals surface area contributed by atoms with Gasteiger partial charge in [-0.1, -0.05) is 60.2 Å². The molecule has 0 aliphatic heterocycles. The van der Waals surface area contributed by atoms with Gasteiger partial charge in [-0.25, -0.2) is 4.79 Å². The van der Waals surface area contributed by atoms with Gasteiger partial charge in [0.25, 0.3) is 5.91 Å². The van der Waals surface area contributed by atoms with Gasteiger partial charge >= 0.3 is 6.09 Å². The molecule has 3 rings (SSSR count). The summed E-state index contributed by atoms with van der Waals surface area (Å²) in [6.07, 6.45) is -0.887. The second-order valence-corrected chi connectivity index (χ2v) is 10.0. The molecule has 0 aliphatic rings. The summed E-state index contributed by atoms with van der Waals surface area (Å²) in [5.41, 5.74) is 1.10. The fourth-order valence-corrected chi connectivity index (χ4v) is 4.10. The number of rotatable bonds is 9. The summed E-state index contributed by atoms with van der Waals surface area (Å²) in [6.45, 7) is 5.49. The molecule has 3 aromatic carbocycles. The van der Waals surface area contributed by atoms with Crippen LogP contribution in [-0.4, -0.2) is 64.4 Å². The number of hydrogen-bond acceptors (Lipinski definition) is 6. The highest BCUT2D eigenvalue weighted by Gasteiger charge is 2.36. The number of ether oxygens (including phenoxy) is 1. The van der Waals surface area contributed by atoms with Gasteiger partial charge in [0.05, 0.1) is 13.2 Å². The molecule has 3 aromatic rings. The Kier molecular flexibility index (Phi) is 9.44. The summed E-state index contributed by atoms with van der Waals surface area (Å²) in [6, 6.07) is 17.8. The fourth-order valence-electron chi connectivity index (χ4n) is 4.10. The molecule has 3 amide bonds. The molecule has 0 saturated heterocycles. The highest BCUT2D eigenvalue weighted by Crippen LogP contribution is 2.26. The number of aliphatic hydroxyl groups is 2. The molecule has 202 valence electrons. The molecule has 0 fully saturated rings. The average molecular weight is 522 g/mol. The Balaban J connectivity index is 1.96. The van der Waals surface area contributed by atoms with E-state index in [1.165, 1.54) is 0 Å². The zero-order valence-electron chi connectivity index (χ0n) is 22.1. The highest BCUT2D eigenvalue weighted by atomic mass is 16.6. The predicted molar refractivity (Wildman–Crippen MR) is 146 cm³/mol. The Morgan fingerprint density at radius 1 is 0.947 bits per heavy atom. The summed E-state index contributed by atoms with van der Waals surface area (Å²) in [5, 5.41) is 27.0. The molecule has 0 saturated carbocycles. The average Bonchev–Trinajstić information content (AvgIpc) is 2.85. The van der Waals surface area contributed by atoms with Crippen molar-refractivity contribution < 1.29 is 29.3 Å². The van der Waals surface area contributed by atoms with E-state index >= 15 is 0 Å². The van der Waals surface area contributed by atoms with Crippen LogP contribution in [0.4, 0.5) is 10.5 Å². The van der Waals surface area contributed by atoms with E-state index in [4.69, 9.17) is 4.74 Å². The van der Waals surface area contributed by atoms with Crippen LogP contribution < -0.4 is 10.6 Å². The van der Waals surface area contributed by atoms with Crippen LogP contribution >= 0.6 is 0 Å². The van der Waals surface area contributed by atoms with Crippen molar-refractivity contribution in [3.8, 4) is 0 Å². The number of amides is 3. The summed E-state index contributed by atoms with van der Waals surface area (Å²) >= 11 is 0. The monoisotopic (exact) mass is 521 g/mol. The topological polar surface area (TPSA) is 128 Å². The first-order valence-corrected chi connectivity index (χ1v) is 12.4. The number of hydrogen-bond donors (Lipinski definition) is 4. The molecule has 0 heterocycles. The maximum absolute atomic E-state index is 13.7. The molecule has 9 heteroatoms. The maximum atomic E-state index is 13.7. The van der Waals surface area contributed by atoms with E-state index in [2.05, 4.69) is 10.6 Å². The van der Waals surface area contributed by atoms with Gasteiger partial charge in [0.15, 0.2) is 0 Å². The number of aryl methyl sites for hydroxylation is 1. The summed E-state index contributed by atoms with van der Waals surface area (Å²) in [4.78, 5) is 40.8. The number of fused-ring (bicyclic) bond motifs is 1. The third-order valence-electron chi connectivity index (χ3n) is 5.73. The normalized spacial score (nSPS) is 12.9. The lowest BCUT2D eigenvalue weighted by Gasteiger charge is -2.33. The smallest absolute Gasteiger partial charge is 0.408 e. The van der Waals surface area contributed by atoms with Crippen LogP contribution in [-0.2, 0) is 14.3 Å². The fraction of sp³-hybridized carbons (Fsp3) is 0.345. The summed E-state index contributed by atoms with van der Waals surface area (Å²) < 4.78 is 5.22. The quantitative estimate of drug-likeness (QED) is 0.341. The van der Waals surface area contributed by atoms with Crippen molar-refractivity contribution >= 4 is 34.4 Å². The molecule has 0 bridgehead atoms. The van der Waals surface area contributed by atoms with Gasteiger partial charge in [-0.2, -0.15) is 0 Å². The largest absolute Gasteiger partial charge is 0.444 e. The van der Waals surface area contributed by atoms with Crippen molar-refractivity contribution in [1.82, 2.24) is 10.2 Å². The second-order valence-electron chi connectivity index (χ2n) is 10.0. The van der Waals surface area contributed by atoms with E-state index in [1.54, 1.807) is 45.0 Å². The molecule has 0 radical (unpaired) electrons. The molecule has 4 N–H and O–H groups in total. The SMILES string of the molecule is Cc1cccc(C(C(=O)Nc2ccc3ccccc3c2)N(CCO)C(=O)C(CO)NC(=O)OC(C)(C)C)c1. The zero-order chi connectivity index (χ0) is 27.9. The first kappa shape index (κ1) is 28.6. The van der Waals surface area contributed by atoms with Gasteiger partial charge in [-0.3, -0.25) is 9.59 Å². The third kappa shape index (κ3) is 7.53. The minimum absolute atomic E-state index is 0.213. The number of carbonyl (C=O) groups is 3. The standard InChI is InChI=1S/C29H35N3O6/c1-19-8-7-11-22(16-19)25(26(35)30-23-13-12-20-9-5-6-10-21(20)17-23)32(14-15-33)27(36)24(18-34)31-28(37)38-29(2,3)4/h5-13,16-17,24-25,33-34H,14-15,18H2,1-4H3,(H,30,35)(H,31,37). The minimum Gasteiger partial charge on any atom is -0.444 e. The number of anilines is 1. The first-order valence-electron chi connectivity index (χ1n) is 12.4. The van der Waals surface area contributed by atoms with E-state index in [0.29, 0.717) is 11.3 Å². The highest BCUT2D eigenvalue weighted by molar-refractivity contribution is 6.00. The van der Waals surface area contributed by atoms with E-state index in [9.17, 15) is 24.6 Å². The van der Waals surface area contributed by atoms with Crippen LogP contribution in [0.3, 0.4) is 0 Å². The molecular formula is C29H35N3O6. The van der Waals surface area contributed by atoms with Gasteiger partial charge in [-0.05, 0) is 56.2 Å². The van der Waals surface area contributed by atoms with Crippen molar-refractivity contribution in [3.63, 3.8) is 0 Å². The number of alkyl carbamates (subject to hydrolysis) is 1. The Labute approximate surface area is 222 Å². The molecule has 38 heavy (non-hydrogen) atoms. The lowest BCUT2D eigenvalue weighted by atomic mass is 10.0. The molecule has 0 aromatic heterocycles. The number of benzene rings is 3. The van der Waals surface area contributed by atoms with E-state index in [-0.39, 0.29) is 6.54 Å². The van der Waals surface area contributed by atoms with E-state index < -0.39 is 48.8 Å². The van der Waals surface area contributed by atoms with Crippen molar-refractivity contribution in [2.24, 2.45) is 0 Å². The Morgan fingerprint density at radius 2 is 1.66 bits per heavy atom. The van der Waals surface area contributed by atoms with Crippen molar-refractivity contribution in [1.29, 1.82) is 0 Å². The second kappa shape index (κ2) is 12.5. The van der Waals surface area contributed by atoms with Crippen LogP contribution in [0.15, 0.2) is 66.7 Å². The van der Waals surface area contributed by atoms with Crippen molar-refractivity contribution in [2.45, 2.75) is 45.4 Å². The molecule has 2 atom stereocenters. The Hall–Kier alpha value is -3.95. The van der Waals surface area contributed by atoms with Crippen LogP contribution in [0.1, 0.15) is 37.9 Å².